The van der Waals surface area contributed by atoms with Crippen LogP contribution in [0.1, 0.15) is 24.0 Å². The Morgan fingerprint density at radius 2 is 1.94 bits per heavy atom. The van der Waals surface area contributed by atoms with Gasteiger partial charge in [-0.1, -0.05) is 6.07 Å². The third kappa shape index (κ3) is 1.73. The number of rotatable bonds is 4. The van der Waals surface area contributed by atoms with Crippen LogP contribution >= 0.6 is 0 Å². The quantitative estimate of drug-likeness (QED) is 0.870. The minimum absolute atomic E-state index is 0.593. The largest absolute Gasteiger partial charge is 0.493 e. The molecule has 0 saturated heterocycles. The first-order valence-electron chi connectivity index (χ1n) is 5.51. The van der Waals surface area contributed by atoms with Crippen molar-refractivity contribution in [1.29, 1.82) is 0 Å². The maximum absolute atomic E-state index is 11.3. The maximum Gasteiger partial charge on any atom is 0.314 e. The molecule has 0 aliphatic heterocycles. The molecule has 0 amide bonds. The Balaban J connectivity index is 2.51. The minimum atomic E-state index is -0.760. The van der Waals surface area contributed by atoms with Gasteiger partial charge < -0.3 is 14.6 Å². The zero-order chi connectivity index (χ0) is 12.6. The van der Waals surface area contributed by atoms with Gasteiger partial charge in [0.05, 0.1) is 19.6 Å². The first kappa shape index (κ1) is 11.8. The smallest absolute Gasteiger partial charge is 0.314 e. The van der Waals surface area contributed by atoms with E-state index in [-0.39, 0.29) is 0 Å². The van der Waals surface area contributed by atoms with E-state index in [0.717, 1.165) is 11.1 Å². The molecule has 4 nitrogen and oxygen atoms in total. The van der Waals surface area contributed by atoms with Crippen LogP contribution in [0.4, 0.5) is 0 Å². The van der Waals surface area contributed by atoms with E-state index < -0.39 is 11.4 Å². The SMILES string of the molecule is COc1cc(C2(C(=O)O)CC2)cc(C)c1OC. The highest BCUT2D eigenvalue weighted by atomic mass is 16.5. The van der Waals surface area contributed by atoms with Crippen molar-refractivity contribution in [2.75, 3.05) is 14.2 Å². The van der Waals surface area contributed by atoms with Crippen molar-refractivity contribution < 1.29 is 19.4 Å². The van der Waals surface area contributed by atoms with Crippen molar-refractivity contribution in [3.8, 4) is 11.5 Å². The average molecular weight is 236 g/mol. The summed E-state index contributed by atoms with van der Waals surface area (Å²) in [7, 11) is 3.13. The molecule has 1 N–H and O–H groups in total. The second-order valence-electron chi connectivity index (χ2n) is 4.42. The van der Waals surface area contributed by atoms with Crippen molar-refractivity contribution in [3.05, 3.63) is 23.3 Å². The van der Waals surface area contributed by atoms with Crippen LogP contribution in [0.25, 0.3) is 0 Å². The number of hydrogen-bond acceptors (Lipinski definition) is 3. The molecule has 1 fully saturated rings. The zero-order valence-corrected chi connectivity index (χ0v) is 10.2. The molecule has 1 saturated carbocycles. The van der Waals surface area contributed by atoms with Crippen molar-refractivity contribution >= 4 is 5.97 Å². The highest BCUT2D eigenvalue weighted by molar-refractivity contribution is 5.85. The van der Waals surface area contributed by atoms with Gasteiger partial charge in [-0.25, -0.2) is 0 Å². The Kier molecular flexibility index (Phi) is 2.73. The van der Waals surface area contributed by atoms with Crippen LogP contribution in [-0.4, -0.2) is 25.3 Å². The molecular formula is C13H16O4. The summed E-state index contributed by atoms with van der Waals surface area (Å²) in [5.74, 6) is 0.497. The van der Waals surface area contributed by atoms with E-state index in [2.05, 4.69) is 0 Å². The van der Waals surface area contributed by atoms with Crippen LogP contribution in [-0.2, 0) is 10.2 Å². The molecule has 0 spiro atoms. The number of carboxylic acid groups (broad SMARTS) is 1. The molecular weight excluding hydrogens is 220 g/mol. The Labute approximate surface area is 100 Å². The van der Waals surface area contributed by atoms with Crippen LogP contribution in [0, 0.1) is 6.92 Å². The van der Waals surface area contributed by atoms with E-state index in [0.29, 0.717) is 24.3 Å². The highest BCUT2D eigenvalue weighted by Gasteiger charge is 2.52. The summed E-state index contributed by atoms with van der Waals surface area (Å²) in [5.41, 5.74) is 0.999. The summed E-state index contributed by atoms with van der Waals surface area (Å²) in [6.07, 6.45) is 1.38. The first-order valence-corrected chi connectivity index (χ1v) is 5.51. The summed E-state index contributed by atoms with van der Waals surface area (Å²) in [4.78, 5) is 11.3. The number of aliphatic carboxylic acids is 1. The molecule has 0 aromatic heterocycles. The maximum atomic E-state index is 11.3. The summed E-state index contributed by atoms with van der Waals surface area (Å²) in [5, 5.41) is 9.27. The van der Waals surface area contributed by atoms with Crippen molar-refractivity contribution in [3.63, 3.8) is 0 Å². The van der Waals surface area contributed by atoms with Gasteiger partial charge in [-0.15, -0.1) is 0 Å². The van der Waals surface area contributed by atoms with Gasteiger partial charge in [-0.3, -0.25) is 4.79 Å². The second-order valence-corrected chi connectivity index (χ2v) is 4.42. The van der Waals surface area contributed by atoms with Gasteiger partial charge in [0.15, 0.2) is 11.5 Å². The molecule has 1 aromatic rings. The molecule has 1 aliphatic carbocycles. The average Bonchev–Trinajstić information content (AvgIpc) is 3.08. The van der Waals surface area contributed by atoms with E-state index >= 15 is 0 Å². The van der Waals surface area contributed by atoms with Gasteiger partial charge in [0, 0.05) is 0 Å². The van der Waals surface area contributed by atoms with Crippen LogP contribution < -0.4 is 9.47 Å². The third-order valence-corrected chi connectivity index (χ3v) is 3.38. The predicted octanol–water partition coefficient (Wildman–Crippen LogP) is 2.13. The molecule has 17 heavy (non-hydrogen) atoms. The van der Waals surface area contributed by atoms with Crippen LogP contribution in [0.15, 0.2) is 12.1 Å². The van der Waals surface area contributed by atoms with E-state index in [9.17, 15) is 9.90 Å². The molecule has 0 bridgehead atoms. The zero-order valence-electron chi connectivity index (χ0n) is 10.2. The van der Waals surface area contributed by atoms with Crippen molar-refractivity contribution in [1.82, 2.24) is 0 Å². The molecule has 0 atom stereocenters. The number of aryl methyl sites for hydroxylation is 1. The number of methoxy groups -OCH3 is 2. The Bertz CT molecular complexity index is 461. The number of carboxylic acids is 1. The summed E-state index contributed by atoms with van der Waals surface area (Å²) in [6.45, 7) is 1.89. The Morgan fingerprint density at radius 1 is 1.29 bits per heavy atom. The Hall–Kier alpha value is -1.71. The van der Waals surface area contributed by atoms with E-state index in [1.807, 2.05) is 13.0 Å². The predicted molar refractivity (Wildman–Crippen MR) is 62.8 cm³/mol. The fourth-order valence-electron chi connectivity index (χ4n) is 2.18. The number of hydrogen-bond donors (Lipinski definition) is 1. The lowest BCUT2D eigenvalue weighted by atomic mass is 9.94. The standard InChI is InChI=1S/C13H16O4/c1-8-6-9(13(4-5-13)12(14)15)7-10(16-2)11(8)17-3/h6-7H,4-5H2,1-3H3,(H,14,15). The van der Waals surface area contributed by atoms with Gasteiger partial charge in [0.25, 0.3) is 0 Å². The van der Waals surface area contributed by atoms with Crippen molar-refractivity contribution in [2.24, 2.45) is 0 Å². The lowest BCUT2D eigenvalue weighted by Crippen LogP contribution is -2.19. The molecule has 0 radical (unpaired) electrons. The van der Waals surface area contributed by atoms with Crippen molar-refractivity contribution in [2.45, 2.75) is 25.2 Å². The molecule has 1 aromatic carbocycles. The van der Waals surface area contributed by atoms with E-state index in [1.54, 1.807) is 20.3 Å². The van der Waals surface area contributed by atoms with Crippen LogP contribution in [0.3, 0.4) is 0 Å². The number of benzene rings is 1. The van der Waals surface area contributed by atoms with Gasteiger partial charge in [-0.2, -0.15) is 0 Å². The summed E-state index contributed by atoms with van der Waals surface area (Å²) >= 11 is 0. The van der Waals surface area contributed by atoms with E-state index in [4.69, 9.17) is 9.47 Å². The topological polar surface area (TPSA) is 55.8 Å². The second kappa shape index (κ2) is 3.95. The Morgan fingerprint density at radius 3 is 2.35 bits per heavy atom. The molecule has 92 valence electrons. The summed E-state index contributed by atoms with van der Waals surface area (Å²) in [6, 6.07) is 3.65. The van der Waals surface area contributed by atoms with Gasteiger partial charge in [0.2, 0.25) is 0 Å². The minimum Gasteiger partial charge on any atom is -0.493 e. The fraction of sp³-hybridized carbons (Fsp3) is 0.462. The monoisotopic (exact) mass is 236 g/mol. The highest BCUT2D eigenvalue weighted by Crippen LogP contribution is 2.50. The van der Waals surface area contributed by atoms with Gasteiger partial charge >= 0.3 is 5.97 Å². The van der Waals surface area contributed by atoms with Gasteiger partial charge in [0.1, 0.15) is 0 Å². The fourth-order valence-corrected chi connectivity index (χ4v) is 2.18. The normalized spacial score (nSPS) is 16.4. The molecule has 0 unspecified atom stereocenters. The third-order valence-electron chi connectivity index (χ3n) is 3.38. The van der Waals surface area contributed by atoms with E-state index in [1.165, 1.54) is 0 Å². The molecule has 1 aliphatic rings. The lowest BCUT2D eigenvalue weighted by molar-refractivity contribution is -0.140. The van der Waals surface area contributed by atoms with Gasteiger partial charge in [-0.05, 0) is 37.0 Å². The first-order chi connectivity index (χ1) is 8.05. The molecule has 4 heteroatoms. The number of ether oxygens (including phenoxy) is 2. The molecule has 0 heterocycles. The van der Waals surface area contributed by atoms with Crippen LogP contribution in [0.2, 0.25) is 0 Å². The van der Waals surface area contributed by atoms with Crippen LogP contribution in [0.5, 0.6) is 11.5 Å². The molecule has 2 rings (SSSR count). The summed E-state index contributed by atoms with van der Waals surface area (Å²) < 4.78 is 10.5. The number of carbonyl (C=O) groups is 1. The lowest BCUT2D eigenvalue weighted by Gasteiger charge is -2.16.